The molecule has 0 spiro atoms. The van der Waals surface area contributed by atoms with Gasteiger partial charge in [-0.25, -0.2) is 8.42 Å². The predicted octanol–water partition coefficient (Wildman–Crippen LogP) is 5.21. The van der Waals surface area contributed by atoms with Gasteiger partial charge in [0.15, 0.2) is 9.84 Å². The summed E-state index contributed by atoms with van der Waals surface area (Å²) in [6, 6.07) is 20.5. The number of sulfone groups is 1. The smallest absolute Gasteiger partial charge is 0.181 e. The van der Waals surface area contributed by atoms with E-state index >= 15 is 0 Å². The van der Waals surface area contributed by atoms with Crippen molar-refractivity contribution in [1.82, 2.24) is 9.88 Å². The summed E-state index contributed by atoms with van der Waals surface area (Å²) in [5.74, 6) is 0.438. The summed E-state index contributed by atoms with van der Waals surface area (Å²) in [5, 5.41) is 0. The van der Waals surface area contributed by atoms with Gasteiger partial charge in [-0.15, -0.1) is 0 Å². The first-order valence-electron chi connectivity index (χ1n) is 10.9. The first kappa shape index (κ1) is 21.7. The molecule has 3 aromatic rings. The third-order valence-electron chi connectivity index (χ3n) is 6.10. The van der Waals surface area contributed by atoms with Crippen LogP contribution in [0.3, 0.4) is 0 Å². The van der Waals surface area contributed by atoms with Crippen molar-refractivity contribution >= 4 is 9.84 Å². The number of aromatic nitrogens is 1. The predicted molar refractivity (Wildman–Crippen MR) is 124 cm³/mol. The van der Waals surface area contributed by atoms with Gasteiger partial charge < -0.3 is 9.72 Å². The van der Waals surface area contributed by atoms with E-state index in [1.807, 2.05) is 6.07 Å². The summed E-state index contributed by atoms with van der Waals surface area (Å²) in [6.45, 7) is 3.67. The monoisotopic (exact) mass is 438 g/mol. The number of benzene rings is 2. The number of aromatic amines is 1. The fraction of sp³-hybridized carbons (Fsp3) is 0.360. The van der Waals surface area contributed by atoms with Crippen molar-refractivity contribution in [2.75, 3.05) is 19.4 Å². The number of rotatable bonds is 7. The number of hydrogen-bond acceptors (Lipinski definition) is 4. The van der Waals surface area contributed by atoms with E-state index in [0.717, 1.165) is 30.8 Å². The largest absolute Gasteiger partial charge is 0.495 e. The molecule has 6 heteroatoms. The summed E-state index contributed by atoms with van der Waals surface area (Å²) in [6.07, 6.45) is 3.58. The third-order valence-corrected chi connectivity index (χ3v) is 7.87. The van der Waals surface area contributed by atoms with Gasteiger partial charge >= 0.3 is 0 Å². The van der Waals surface area contributed by atoms with Crippen molar-refractivity contribution in [2.45, 2.75) is 43.7 Å². The van der Waals surface area contributed by atoms with Gasteiger partial charge in [0.2, 0.25) is 0 Å². The van der Waals surface area contributed by atoms with Crippen LogP contribution in [0.5, 0.6) is 5.75 Å². The van der Waals surface area contributed by atoms with E-state index in [2.05, 4.69) is 52.3 Å². The molecule has 0 saturated carbocycles. The lowest BCUT2D eigenvalue weighted by Crippen LogP contribution is -2.33. The Morgan fingerprint density at radius 1 is 1.06 bits per heavy atom. The molecule has 1 N–H and O–H groups in total. The number of hydrogen-bond donors (Lipinski definition) is 1. The quantitative estimate of drug-likeness (QED) is 0.550. The van der Waals surface area contributed by atoms with Crippen molar-refractivity contribution in [3.05, 3.63) is 71.9 Å². The zero-order valence-electron chi connectivity index (χ0n) is 18.2. The van der Waals surface area contributed by atoms with Crippen molar-refractivity contribution in [2.24, 2.45) is 0 Å². The number of methoxy groups -OCH3 is 1. The fourth-order valence-corrected chi connectivity index (χ4v) is 5.41. The number of ether oxygens (including phenoxy) is 1. The molecule has 0 amide bonds. The highest BCUT2D eigenvalue weighted by Gasteiger charge is 2.25. The molecule has 1 aliphatic rings. The molecule has 1 fully saturated rings. The SMILES string of the molecule is CCS(=O)(=O)c1ccc(-c2ccc(C3CCCCN3Cc3ccccc3)[nH]2)cc1OC. The van der Waals surface area contributed by atoms with E-state index in [4.69, 9.17) is 4.74 Å². The minimum absolute atomic E-state index is 0.0499. The molecule has 0 bridgehead atoms. The van der Waals surface area contributed by atoms with Gasteiger partial charge in [0, 0.05) is 23.5 Å². The van der Waals surface area contributed by atoms with Crippen LogP contribution in [0.1, 0.15) is 43.5 Å². The Hall–Kier alpha value is -2.57. The van der Waals surface area contributed by atoms with E-state index in [1.54, 1.807) is 19.1 Å². The molecule has 0 radical (unpaired) electrons. The third kappa shape index (κ3) is 4.70. The molecule has 0 aliphatic carbocycles. The zero-order valence-corrected chi connectivity index (χ0v) is 19.0. The second-order valence-electron chi connectivity index (χ2n) is 8.06. The van der Waals surface area contributed by atoms with Crippen LogP contribution in [0.15, 0.2) is 65.6 Å². The molecule has 2 aromatic carbocycles. The van der Waals surface area contributed by atoms with Gasteiger partial charge in [-0.3, -0.25) is 4.90 Å². The van der Waals surface area contributed by atoms with Crippen molar-refractivity contribution in [1.29, 1.82) is 0 Å². The lowest BCUT2D eigenvalue weighted by atomic mass is 9.98. The Balaban J connectivity index is 1.59. The van der Waals surface area contributed by atoms with Gasteiger partial charge in [-0.2, -0.15) is 0 Å². The van der Waals surface area contributed by atoms with E-state index < -0.39 is 9.84 Å². The topological polar surface area (TPSA) is 62.4 Å². The Kier molecular flexibility index (Phi) is 6.49. The number of nitrogens with zero attached hydrogens (tertiary/aromatic N) is 1. The number of likely N-dealkylation sites (tertiary alicyclic amines) is 1. The molecule has 1 atom stereocenters. The minimum atomic E-state index is -3.33. The molecule has 1 aliphatic heterocycles. The normalized spacial score (nSPS) is 17.5. The first-order valence-corrected chi connectivity index (χ1v) is 12.5. The molecule has 5 nitrogen and oxygen atoms in total. The lowest BCUT2D eigenvalue weighted by molar-refractivity contribution is 0.138. The van der Waals surface area contributed by atoms with Gasteiger partial charge in [-0.05, 0) is 49.2 Å². The molecule has 2 heterocycles. The van der Waals surface area contributed by atoms with Crippen LogP contribution in [0, 0.1) is 0 Å². The summed E-state index contributed by atoms with van der Waals surface area (Å²) in [4.78, 5) is 6.38. The highest BCUT2D eigenvalue weighted by molar-refractivity contribution is 7.91. The number of nitrogens with one attached hydrogen (secondary N) is 1. The van der Waals surface area contributed by atoms with Crippen LogP contribution in [0.25, 0.3) is 11.3 Å². The molecular weight excluding hydrogens is 408 g/mol. The number of H-pyrrole nitrogens is 1. The van der Waals surface area contributed by atoms with Crippen LogP contribution >= 0.6 is 0 Å². The second-order valence-corrected chi connectivity index (χ2v) is 10.3. The molecule has 1 unspecified atom stereocenters. The molecule has 31 heavy (non-hydrogen) atoms. The average Bonchev–Trinajstić information content (AvgIpc) is 3.30. The van der Waals surface area contributed by atoms with E-state index in [9.17, 15) is 8.42 Å². The number of piperidine rings is 1. The van der Waals surface area contributed by atoms with Crippen LogP contribution in [0.4, 0.5) is 0 Å². The maximum Gasteiger partial charge on any atom is 0.181 e. The van der Waals surface area contributed by atoms with Crippen LogP contribution in [-0.4, -0.2) is 37.7 Å². The molecule has 4 rings (SSSR count). The summed E-state index contributed by atoms with van der Waals surface area (Å²) < 4.78 is 30.1. The van der Waals surface area contributed by atoms with Crippen molar-refractivity contribution in [3.63, 3.8) is 0 Å². The average molecular weight is 439 g/mol. The summed E-state index contributed by atoms with van der Waals surface area (Å²) in [7, 11) is -1.82. The molecule has 1 saturated heterocycles. The highest BCUT2D eigenvalue weighted by atomic mass is 32.2. The van der Waals surface area contributed by atoms with E-state index in [-0.39, 0.29) is 10.6 Å². The Bertz CT molecular complexity index is 1120. The zero-order chi connectivity index (χ0) is 21.8. The molecule has 164 valence electrons. The summed E-state index contributed by atoms with van der Waals surface area (Å²) in [5.41, 5.74) is 4.43. The summed E-state index contributed by atoms with van der Waals surface area (Å²) >= 11 is 0. The van der Waals surface area contributed by atoms with Crippen LogP contribution in [0.2, 0.25) is 0 Å². The Morgan fingerprint density at radius 2 is 1.87 bits per heavy atom. The van der Waals surface area contributed by atoms with Crippen LogP contribution < -0.4 is 4.74 Å². The van der Waals surface area contributed by atoms with Gasteiger partial charge in [0.25, 0.3) is 0 Å². The first-order chi connectivity index (χ1) is 15.0. The van der Waals surface area contributed by atoms with Gasteiger partial charge in [0.1, 0.15) is 10.6 Å². The van der Waals surface area contributed by atoms with Crippen molar-refractivity contribution in [3.8, 4) is 17.0 Å². The standard InChI is InChI=1S/C25H30N2O3S/c1-3-31(28,29)25-15-12-20(17-24(25)30-2)21-13-14-22(26-21)23-11-7-8-16-27(23)18-19-9-5-4-6-10-19/h4-6,9-10,12-15,17,23,26H,3,7-8,11,16,18H2,1-2H3. The van der Waals surface area contributed by atoms with Gasteiger partial charge in [0.05, 0.1) is 18.9 Å². The fourth-order valence-electron chi connectivity index (χ4n) is 4.37. The van der Waals surface area contributed by atoms with Crippen molar-refractivity contribution < 1.29 is 13.2 Å². The van der Waals surface area contributed by atoms with Crippen LogP contribution in [-0.2, 0) is 16.4 Å². The van der Waals surface area contributed by atoms with E-state index in [1.165, 1.54) is 31.2 Å². The maximum absolute atomic E-state index is 12.3. The molecule has 1 aromatic heterocycles. The lowest BCUT2D eigenvalue weighted by Gasteiger charge is -2.35. The Labute approximate surface area is 185 Å². The van der Waals surface area contributed by atoms with Gasteiger partial charge in [-0.1, -0.05) is 49.7 Å². The highest BCUT2D eigenvalue weighted by Crippen LogP contribution is 2.35. The maximum atomic E-state index is 12.3. The Morgan fingerprint density at radius 3 is 2.61 bits per heavy atom. The van der Waals surface area contributed by atoms with E-state index in [0.29, 0.717) is 11.8 Å². The second kappa shape index (κ2) is 9.28. The molecular formula is C25H30N2O3S. The minimum Gasteiger partial charge on any atom is -0.495 e.